The first-order valence-corrected chi connectivity index (χ1v) is 7.44. The van der Waals surface area contributed by atoms with Crippen LogP contribution in [-0.2, 0) is 0 Å². The summed E-state index contributed by atoms with van der Waals surface area (Å²) in [5.74, 6) is 0.622. The van der Waals surface area contributed by atoms with Gasteiger partial charge in [-0.3, -0.25) is 9.78 Å². The fraction of sp³-hybridized carbons (Fsp3) is 0.0667. The molecule has 0 atom stereocenters. The molecule has 4 aromatic rings. The van der Waals surface area contributed by atoms with Gasteiger partial charge in [0.05, 0.1) is 16.6 Å². The van der Waals surface area contributed by atoms with Crippen LogP contribution in [0.15, 0.2) is 39.9 Å². The molecule has 0 spiro atoms. The highest BCUT2D eigenvalue weighted by atomic mass is 32.1. The molecule has 0 amide bonds. The largest absolute Gasteiger partial charge is 0.326 e. The van der Waals surface area contributed by atoms with Crippen LogP contribution in [0.25, 0.3) is 31.7 Å². The van der Waals surface area contributed by atoms with E-state index in [9.17, 15) is 9.59 Å². The van der Waals surface area contributed by atoms with E-state index in [4.69, 9.17) is 0 Å². The fourth-order valence-corrected chi connectivity index (χ4v) is 3.57. The standard InChI is InChI=1S/C15H10N4O2S/c1-7-16-10(8-5-3-2-4-6-8)9-11-12(22-14(9)17-7)13(20)19-15(21)18-11/h2-6H,1H3,(H2,18,19,20,21). The van der Waals surface area contributed by atoms with Gasteiger partial charge in [-0.05, 0) is 6.92 Å². The highest BCUT2D eigenvalue weighted by Crippen LogP contribution is 2.35. The SMILES string of the molecule is Cc1nc(-c2ccccc2)c2c(n1)sc1c(=O)[nH]c(=O)[nH]c12. The zero-order valence-electron chi connectivity index (χ0n) is 11.5. The molecule has 3 heterocycles. The minimum absolute atomic E-state index is 0.404. The summed E-state index contributed by atoms with van der Waals surface area (Å²) in [5.41, 5.74) is 1.19. The number of nitrogens with zero attached hydrogens (tertiary/aromatic N) is 2. The molecular formula is C15H10N4O2S. The summed E-state index contributed by atoms with van der Waals surface area (Å²) in [6.07, 6.45) is 0. The first kappa shape index (κ1) is 12.9. The summed E-state index contributed by atoms with van der Waals surface area (Å²) in [7, 11) is 0. The lowest BCUT2D eigenvalue weighted by molar-refractivity contribution is 1.08. The van der Waals surface area contributed by atoms with E-state index < -0.39 is 11.2 Å². The molecular weight excluding hydrogens is 300 g/mol. The van der Waals surface area contributed by atoms with Crippen molar-refractivity contribution in [3.8, 4) is 11.3 Å². The number of rotatable bonds is 1. The Balaban J connectivity index is 2.26. The van der Waals surface area contributed by atoms with E-state index in [1.807, 2.05) is 37.3 Å². The summed E-state index contributed by atoms with van der Waals surface area (Å²) in [5, 5.41) is 0.708. The van der Waals surface area contributed by atoms with Crippen molar-refractivity contribution in [2.75, 3.05) is 0 Å². The van der Waals surface area contributed by atoms with Crippen molar-refractivity contribution in [2.45, 2.75) is 6.92 Å². The third-order valence-corrected chi connectivity index (χ3v) is 4.46. The molecule has 6 nitrogen and oxygen atoms in total. The zero-order chi connectivity index (χ0) is 15.3. The van der Waals surface area contributed by atoms with Gasteiger partial charge in [0.15, 0.2) is 0 Å². The molecule has 0 saturated carbocycles. The normalized spacial score (nSPS) is 11.3. The summed E-state index contributed by atoms with van der Waals surface area (Å²) in [4.78, 5) is 38.2. The topological polar surface area (TPSA) is 91.5 Å². The molecule has 3 aromatic heterocycles. The van der Waals surface area contributed by atoms with Gasteiger partial charge in [0.1, 0.15) is 15.4 Å². The van der Waals surface area contributed by atoms with Crippen LogP contribution in [-0.4, -0.2) is 19.9 Å². The van der Waals surface area contributed by atoms with Crippen LogP contribution >= 0.6 is 11.3 Å². The lowest BCUT2D eigenvalue weighted by Gasteiger charge is -2.04. The molecule has 2 N–H and O–H groups in total. The first-order chi connectivity index (χ1) is 10.6. The average molecular weight is 310 g/mol. The van der Waals surface area contributed by atoms with E-state index >= 15 is 0 Å². The van der Waals surface area contributed by atoms with Crippen LogP contribution < -0.4 is 11.2 Å². The molecule has 0 radical (unpaired) electrons. The third kappa shape index (κ3) is 1.86. The van der Waals surface area contributed by atoms with Crippen LogP contribution in [0, 0.1) is 6.92 Å². The van der Waals surface area contributed by atoms with Crippen molar-refractivity contribution in [1.29, 1.82) is 0 Å². The van der Waals surface area contributed by atoms with Gasteiger partial charge in [-0.15, -0.1) is 11.3 Å². The Morgan fingerprint density at radius 1 is 1.05 bits per heavy atom. The lowest BCUT2D eigenvalue weighted by Crippen LogP contribution is -2.20. The Labute approximate surface area is 127 Å². The Bertz CT molecular complexity index is 1130. The zero-order valence-corrected chi connectivity index (χ0v) is 12.3. The second-order valence-corrected chi connectivity index (χ2v) is 5.88. The maximum atomic E-state index is 12.0. The molecule has 22 heavy (non-hydrogen) atoms. The monoisotopic (exact) mass is 310 g/mol. The number of thiophene rings is 1. The van der Waals surface area contributed by atoms with Crippen molar-refractivity contribution >= 4 is 31.8 Å². The summed E-state index contributed by atoms with van der Waals surface area (Å²) < 4.78 is 0.451. The number of aromatic nitrogens is 4. The van der Waals surface area contributed by atoms with Crippen molar-refractivity contribution < 1.29 is 0 Å². The van der Waals surface area contributed by atoms with E-state index in [0.717, 1.165) is 11.3 Å². The minimum atomic E-state index is -0.531. The van der Waals surface area contributed by atoms with Crippen molar-refractivity contribution in [2.24, 2.45) is 0 Å². The summed E-state index contributed by atoms with van der Waals surface area (Å²) in [6.45, 7) is 1.81. The van der Waals surface area contributed by atoms with Crippen LogP contribution in [0.5, 0.6) is 0 Å². The molecule has 7 heteroatoms. The Hall–Kier alpha value is -2.80. The lowest BCUT2D eigenvalue weighted by atomic mass is 10.1. The predicted octanol–water partition coefficient (Wildman–Crippen LogP) is 2.20. The quantitative estimate of drug-likeness (QED) is 0.564. The summed E-state index contributed by atoms with van der Waals surface area (Å²) in [6, 6.07) is 9.64. The second kappa shape index (κ2) is 4.60. The molecule has 4 rings (SSSR count). The van der Waals surface area contributed by atoms with Gasteiger partial charge in [-0.1, -0.05) is 30.3 Å². The number of hydrogen-bond donors (Lipinski definition) is 2. The van der Waals surface area contributed by atoms with E-state index in [1.54, 1.807) is 0 Å². The third-order valence-electron chi connectivity index (χ3n) is 3.38. The van der Waals surface area contributed by atoms with Crippen LogP contribution in [0.1, 0.15) is 5.82 Å². The van der Waals surface area contributed by atoms with Crippen molar-refractivity contribution in [3.05, 3.63) is 57.0 Å². The molecule has 0 fully saturated rings. The molecule has 0 saturated heterocycles. The molecule has 0 bridgehead atoms. The number of fused-ring (bicyclic) bond motifs is 3. The Kier molecular flexibility index (Phi) is 2.70. The number of hydrogen-bond acceptors (Lipinski definition) is 5. The highest BCUT2D eigenvalue weighted by molar-refractivity contribution is 7.25. The van der Waals surface area contributed by atoms with Crippen LogP contribution in [0.2, 0.25) is 0 Å². The highest BCUT2D eigenvalue weighted by Gasteiger charge is 2.17. The molecule has 0 aliphatic carbocycles. The summed E-state index contributed by atoms with van der Waals surface area (Å²) >= 11 is 1.25. The van der Waals surface area contributed by atoms with E-state index in [-0.39, 0.29) is 0 Å². The van der Waals surface area contributed by atoms with Gasteiger partial charge in [-0.2, -0.15) is 0 Å². The van der Waals surface area contributed by atoms with E-state index in [1.165, 1.54) is 11.3 Å². The number of nitrogens with one attached hydrogen (secondary N) is 2. The first-order valence-electron chi connectivity index (χ1n) is 6.62. The maximum absolute atomic E-state index is 12.0. The van der Waals surface area contributed by atoms with Crippen LogP contribution in [0.3, 0.4) is 0 Å². The van der Waals surface area contributed by atoms with Gasteiger partial charge in [0.25, 0.3) is 5.56 Å². The molecule has 1 aromatic carbocycles. The average Bonchev–Trinajstić information content (AvgIpc) is 2.86. The number of aryl methyl sites for hydroxylation is 1. The van der Waals surface area contributed by atoms with Gasteiger partial charge in [0.2, 0.25) is 0 Å². The van der Waals surface area contributed by atoms with Crippen LogP contribution in [0.4, 0.5) is 0 Å². The number of aromatic amines is 2. The van der Waals surface area contributed by atoms with Crippen molar-refractivity contribution in [1.82, 2.24) is 19.9 Å². The molecule has 0 aliphatic rings. The van der Waals surface area contributed by atoms with E-state index in [2.05, 4.69) is 19.9 Å². The predicted molar refractivity (Wildman–Crippen MR) is 86.3 cm³/mol. The Morgan fingerprint density at radius 3 is 2.59 bits per heavy atom. The molecule has 0 aliphatic heterocycles. The number of H-pyrrole nitrogens is 2. The minimum Gasteiger partial charge on any atom is -0.305 e. The van der Waals surface area contributed by atoms with Gasteiger partial charge in [0, 0.05) is 5.56 Å². The molecule has 0 unspecified atom stereocenters. The van der Waals surface area contributed by atoms with Gasteiger partial charge < -0.3 is 4.98 Å². The second-order valence-electron chi connectivity index (χ2n) is 4.88. The number of benzene rings is 1. The fourth-order valence-electron chi connectivity index (χ4n) is 2.50. The smallest absolute Gasteiger partial charge is 0.305 e. The molecule has 108 valence electrons. The maximum Gasteiger partial charge on any atom is 0.326 e. The van der Waals surface area contributed by atoms with Gasteiger partial charge >= 0.3 is 5.69 Å². The van der Waals surface area contributed by atoms with E-state index in [0.29, 0.717) is 26.3 Å². The van der Waals surface area contributed by atoms with Gasteiger partial charge in [-0.25, -0.2) is 14.8 Å². The van der Waals surface area contributed by atoms with Crippen molar-refractivity contribution in [3.63, 3.8) is 0 Å². The Morgan fingerprint density at radius 2 is 1.82 bits per heavy atom.